The molecule has 0 unspecified atom stereocenters. The predicted molar refractivity (Wildman–Crippen MR) is 35.7 cm³/mol. The molecule has 0 bridgehead atoms. The van der Waals surface area contributed by atoms with E-state index in [1.54, 1.807) is 0 Å². The average Bonchev–Trinajstić information content (AvgIpc) is 2.15. The van der Waals surface area contributed by atoms with Gasteiger partial charge in [0.05, 0.1) is 6.42 Å². The van der Waals surface area contributed by atoms with E-state index in [4.69, 9.17) is 5.73 Å². The van der Waals surface area contributed by atoms with Gasteiger partial charge in [-0.1, -0.05) is 18.2 Å². The molecule has 0 fully saturated rings. The lowest BCUT2D eigenvalue weighted by atomic mass is 10.2. The molecule has 0 spiro atoms. The SMILES string of the molecule is NC(=O)CC1=CCC=C1. The molecule has 1 aliphatic carbocycles. The zero-order valence-corrected chi connectivity index (χ0v) is 5.13. The van der Waals surface area contributed by atoms with Gasteiger partial charge < -0.3 is 5.73 Å². The first kappa shape index (κ1) is 6.08. The maximum atomic E-state index is 10.3. The van der Waals surface area contributed by atoms with Crippen LogP contribution in [0.3, 0.4) is 0 Å². The highest BCUT2D eigenvalue weighted by Crippen LogP contribution is 2.11. The first-order valence-electron chi connectivity index (χ1n) is 2.93. The highest BCUT2D eigenvalue weighted by Gasteiger charge is 2.00. The number of allylic oxidation sites excluding steroid dienone is 3. The van der Waals surface area contributed by atoms with Gasteiger partial charge >= 0.3 is 0 Å². The van der Waals surface area contributed by atoms with Gasteiger partial charge in [0.25, 0.3) is 0 Å². The third-order valence-electron chi connectivity index (χ3n) is 1.23. The van der Waals surface area contributed by atoms with Crippen molar-refractivity contribution in [3.05, 3.63) is 23.8 Å². The van der Waals surface area contributed by atoms with E-state index in [1.807, 2.05) is 18.2 Å². The van der Waals surface area contributed by atoms with E-state index in [1.165, 1.54) is 0 Å². The van der Waals surface area contributed by atoms with Crippen molar-refractivity contribution in [2.75, 3.05) is 0 Å². The van der Waals surface area contributed by atoms with E-state index >= 15 is 0 Å². The van der Waals surface area contributed by atoms with Crippen LogP contribution in [0.25, 0.3) is 0 Å². The summed E-state index contributed by atoms with van der Waals surface area (Å²) in [4.78, 5) is 10.3. The summed E-state index contributed by atoms with van der Waals surface area (Å²) in [6.07, 6.45) is 7.28. The second kappa shape index (κ2) is 2.49. The molecule has 0 aromatic carbocycles. The Balaban J connectivity index is 2.45. The molecule has 0 heterocycles. The van der Waals surface area contributed by atoms with Crippen molar-refractivity contribution in [2.24, 2.45) is 5.73 Å². The monoisotopic (exact) mass is 123 g/mol. The molecule has 0 aromatic rings. The van der Waals surface area contributed by atoms with E-state index in [-0.39, 0.29) is 5.91 Å². The number of primary amides is 1. The van der Waals surface area contributed by atoms with Crippen LogP contribution < -0.4 is 5.73 Å². The highest BCUT2D eigenvalue weighted by molar-refractivity contribution is 5.77. The van der Waals surface area contributed by atoms with Crippen LogP contribution in [0, 0.1) is 0 Å². The average molecular weight is 123 g/mol. The zero-order chi connectivity index (χ0) is 6.69. The summed E-state index contributed by atoms with van der Waals surface area (Å²) in [5.74, 6) is -0.257. The molecule has 9 heavy (non-hydrogen) atoms. The van der Waals surface area contributed by atoms with Crippen molar-refractivity contribution >= 4 is 5.91 Å². The molecule has 0 saturated heterocycles. The lowest BCUT2D eigenvalue weighted by Crippen LogP contribution is -2.10. The van der Waals surface area contributed by atoms with Crippen LogP contribution in [0.4, 0.5) is 0 Å². The van der Waals surface area contributed by atoms with Gasteiger partial charge in [0.2, 0.25) is 5.91 Å². The van der Waals surface area contributed by atoms with Gasteiger partial charge in [-0.3, -0.25) is 4.79 Å². The maximum absolute atomic E-state index is 10.3. The third-order valence-corrected chi connectivity index (χ3v) is 1.23. The van der Waals surface area contributed by atoms with E-state index < -0.39 is 0 Å². The number of hydrogen-bond donors (Lipinski definition) is 1. The van der Waals surface area contributed by atoms with Gasteiger partial charge in [0.15, 0.2) is 0 Å². The van der Waals surface area contributed by atoms with Crippen LogP contribution in [0.2, 0.25) is 0 Å². The van der Waals surface area contributed by atoms with Gasteiger partial charge in [-0.2, -0.15) is 0 Å². The van der Waals surface area contributed by atoms with Crippen LogP contribution in [-0.4, -0.2) is 5.91 Å². The van der Waals surface area contributed by atoms with Crippen LogP contribution in [-0.2, 0) is 4.79 Å². The minimum absolute atomic E-state index is 0.257. The molecule has 1 rings (SSSR count). The highest BCUT2D eigenvalue weighted by atomic mass is 16.1. The summed E-state index contributed by atoms with van der Waals surface area (Å²) in [6.45, 7) is 0. The molecule has 2 nitrogen and oxygen atoms in total. The lowest BCUT2D eigenvalue weighted by molar-refractivity contribution is -0.117. The second-order valence-corrected chi connectivity index (χ2v) is 2.06. The molecule has 0 atom stereocenters. The summed E-state index contributed by atoms with van der Waals surface area (Å²) in [6, 6.07) is 0. The molecule has 0 aromatic heterocycles. The third kappa shape index (κ3) is 1.72. The van der Waals surface area contributed by atoms with Crippen molar-refractivity contribution < 1.29 is 4.79 Å². The number of rotatable bonds is 2. The number of hydrogen-bond acceptors (Lipinski definition) is 1. The molecule has 48 valence electrons. The summed E-state index contributed by atoms with van der Waals surface area (Å²) in [5, 5.41) is 0. The molecule has 0 saturated carbocycles. The van der Waals surface area contributed by atoms with Crippen LogP contribution in [0.5, 0.6) is 0 Å². The van der Waals surface area contributed by atoms with E-state index in [2.05, 4.69) is 0 Å². The Labute approximate surface area is 54.0 Å². The summed E-state index contributed by atoms with van der Waals surface area (Å²) < 4.78 is 0. The number of carbonyl (C=O) groups excluding carboxylic acids is 1. The maximum Gasteiger partial charge on any atom is 0.221 e. The smallest absolute Gasteiger partial charge is 0.221 e. The van der Waals surface area contributed by atoms with E-state index in [0.717, 1.165) is 12.0 Å². The Morgan fingerprint density at radius 1 is 1.78 bits per heavy atom. The minimum atomic E-state index is -0.257. The van der Waals surface area contributed by atoms with Crippen molar-refractivity contribution in [1.82, 2.24) is 0 Å². The first-order valence-corrected chi connectivity index (χ1v) is 2.93. The van der Waals surface area contributed by atoms with Crippen molar-refractivity contribution in [2.45, 2.75) is 12.8 Å². The minimum Gasteiger partial charge on any atom is -0.369 e. The summed E-state index contributed by atoms with van der Waals surface area (Å²) in [5.41, 5.74) is 6.00. The fraction of sp³-hybridized carbons (Fsp3) is 0.286. The van der Waals surface area contributed by atoms with Gasteiger partial charge in [-0.25, -0.2) is 0 Å². The standard InChI is InChI=1S/C7H9NO/c8-7(9)5-6-3-1-2-4-6/h1,3-4H,2,5H2,(H2,8,9). The van der Waals surface area contributed by atoms with Crippen LogP contribution in [0.1, 0.15) is 12.8 Å². The van der Waals surface area contributed by atoms with Gasteiger partial charge in [-0.05, 0) is 12.0 Å². The second-order valence-electron chi connectivity index (χ2n) is 2.06. The van der Waals surface area contributed by atoms with Gasteiger partial charge in [0, 0.05) is 0 Å². The Morgan fingerprint density at radius 2 is 2.56 bits per heavy atom. The molecule has 1 aliphatic rings. The fourth-order valence-electron chi connectivity index (χ4n) is 0.839. The Kier molecular flexibility index (Phi) is 1.68. The fourth-order valence-corrected chi connectivity index (χ4v) is 0.839. The van der Waals surface area contributed by atoms with E-state index in [9.17, 15) is 4.79 Å². The van der Waals surface area contributed by atoms with Crippen LogP contribution >= 0.6 is 0 Å². The molecule has 2 N–H and O–H groups in total. The molecule has 1 amide bonds. The predicted octanol–water partition coefficient (Wildman–Crippen LogP) is 0.748. The van der Waals surface area contributed by atoms with Crippen molar-refractivity contribution in [3.63, 3.8) is 0 Å². The largest absolute Gasteiger partial charge is 0.369 e. The van der Waals surface area contributed by atoms with E-state index in [0.29, 0.717) is 6.42 Å². The van der Waals surface area contributed by atoms with Crippen molar-refractivity contribution in [3.8, 4) is 0 Å². The molecule has 0 aliphatic heterocycles. The molecular formula is C7H9NO. The lowest BCUT2D eigenvalue weighted by Gasteiger charge is -1.90. The molecule has 0 radical (unpaired) electrons. The van der Waals surface area contributed by atoms with Gasteiger partial charge in [0.1, 0.15) is 0 Å². The normalized spacial score (nSPS) is 15.8. The number of amides is 1. The van der Waals surface area contributed by atoms with Crippen molar-refractivity contribution in [1.29, 1.82) is 0 Å². The zero-order valence-electron chi connectivity index (χ0n) is 5.13. The molecular weight excluding hydrogens is 114 g/mol. The number of carbonyl (C=O) groups is 1. The Hall–Kier alpha value is -1.05. The summed E-state index contributed by atoms with van der Waals surface area (Å²) in [7, 11) is 0. The first-order chi connectivity index (χ1) is 4.29. The quantitative estimate of drug-likeness (QED) is 0.578. The topological polar surface area (TPSA) is 43.1 Å². The number of nitrogens with two attached hydrogens (primary N) is 1. The Morgan fingerprint density at radius 3 is 3.00 bits per heavy atom. The van der Waals surface area contributed by atoms with Crippen LogP contribution in [0.15, 0.2) is 23.8 Å². The molecule has 2 heteroatoms. The Bertz CT molecular complexity index is 179. The van der Waals surface area contributed by atoms with Gasteiger partial charge in [-0.15, -0.1) is 0 Å². The summed E-state index contributed by atoms with van der Waals surface area (Å²) >= 11 is 0.